The van der Waals surface area contributed by atoms with Crippen LogP contribution in [-0.2, 0) is 0 Å². The number of hydrogen-bond acceptors (Lipinski definition) is 5. The summed E-state index contributed by atoms with van der Waals surface area (Å²) < 4.78 is 11.1. The van der Waals surface area contributed by atoms with E-state index in [9.17, 15) is 4.79 Å². The first-order valence-corrected chi connectivity index (χ1v) is 7.05. The summed E-state index contributed by atoms with van der Waals surface area (Å²) in [6.45, 7) is 0.00260. The Hall–Kier alpha value is -1.20. The van der Waals surface area contributed by atoms with E-state index in [0.717, 1.165) is 17.9 Å². The molecule has 0 bridgehead atoms. The molecule has 0 aromatic heterocycles. The molecule has 0 aliphatic carbocycles. The van der Waals surface area contributed by atoms with Crippen LogP contribution in [0.5, 0.6) is 11.5 Å². The van der Waals surface area contributed by atoms with Crippen LogP contribution in [0.3, 0.4) is 0 Å². The Morgan fingerprint density at radius 1 is 1.50 bits per heavy atom. The second-order valence-corrected chi connectivity index (χ2v) is 5.25. The Labute approximate surface area is 111 Å². The summed E-state index contributed by atoms with van der Waals surface area (Å²) in [4.78, 5) is 11.5. The fraction of sp³-hybridized carbons (Fsp3) is 0.462. The summed E-state index contributed by atoms with van der Waals surface area (Å²) >= 11 is 1.89. The van der Waals surface area contributed by atoms with E-state index >= 15 is 0 Å². The van der Waals surface area contributed by atoms with Gasteiger partial charge in [0.2, 0.25) is 0 Å². The molecule has 1 saturated heterocycles. The van der Waals surface area contributed by atoms with Crippen molar-refractivity contribution in [1.29, 1.82) is 0 Å². The van der Waals surface area contributed by atoms with Gasteiger partial charge in [0.25, 0.3) is 0 Å². The standard InChI is InChI=1S/C13H17NO3S/c1-16-13-6-9(11(15)7-14)2-3-12(13)17-10-4-5-18-8-10/h2-3,6,10H,4-5,7-8,14H2,1H3. The van der Waals surface area contributed by atoms with Gasteiger partial charge in [-0.05, 0) is 30.4 Å². The number of methoxy groups -OCH3 is 1. The largest absolute Gasteiger partial charge is 0.493 e. The zero-order chi connectivity index (χ0) is 13.0. The fourth-order valence-corrected chi connectivity index (χ4v) is 2.94. The van der Waals surface area contributed by atoms with E-state index in [1.54, 1.807) is 25.3 Å². The van der Waals surface area contributed by atoms with Crippen LogP contribution in [0.25, 0.3) is 0 Å². The molecule has 1 aromatic rings. The van der Waals surface area contributed by atoms with Crippen LogP contribution in [0.15, 0.2) is 18.2 Å². The van der Waals surface area contributed by atoms with Crippen molar-refractivity contribution >= 4 is 17.5 Å². The SMILES string of the molecule is COc1cc(C(=O)CN)ccc1OC1CCSC1. The summed E-state index contributed by atoms with van der Waals surface area (Å²) in [5.41, 5.74) is 5.90. The van der Waals surface area contributed by atoms with E-state index in [2.05, 4.69) is 0 Å². The topological polar surface area (TPSA) is 61.5 Å². The number of carbonyl (C=O) groups is 1. The lowest BCUT2D eigenvalue weighted by atomic mass is 10.1. The normalized spacial score (nSPS) is 18.7. The van der Waals surface area contributed by atoms with Gasteiger partial charge in [-0.25, -0.2) is 0 Å². The van der Waals surface area contributed by atoms with Crippen LogP contribution in [-0.4, -0.2) is 37.0 Å². The van der Waals surface area contributed by atoms with Gasteiger partial charge in [0.1, 0.15) is 6.10 Å². The Bertz CT molecular complexity index is 430. The first-order chi connectivity index (χ1) is 8.74. The minimum atomic E-state index is -0.101. The lowest BCUT2D eigenvalue weighted by molar-refractivity contribution is 0.100. The number of ether oxygens (including phenoxy) is 2. The summed E-state index contributed by atoms with van der Waals surface area (Å²) in [6, 6.07) is 5.20. The molecular formula is C13H17NO3S. The summed E-state index contributed by atoms with van der Waals surface area (Å²) in [7, 11) is 1.57. The number of thioether (sulfide) groups is 1. The second kappa shape index (κ2) is 6.11. The molecule has 98 valence electrons. The molecule has 1 aliphatic rings. The molecule has 2 N–H and O–H groups in total. The average molecular weight is 267 g/mol. The predicted octanol–water partition coefficient (Wildman–Crippen LogP) is 1.72. The predicted molar refractivity (Wildman–Crippen MR) is 72.7 cm³/mol. The van der Waals surface area contributed by atoms with Crippen LogP contribution in [0.4, 0.5) is 0 Å². The highest BCUT2D eigenvalue weighted by Crippen LogP contribution is 2.31. The number of Topliss-reactive ketones (excluding diaryl/α,β-unsaturated/α-hetero) is 1. The molecule has 0 amide bonds. The van der Waals surface area contributed by atoms with Gasteiger partial charge in [0.05, 0.1) is 13.7 Å². The van der Waals surface area contributed by atoms with Gasteiger partial charge in [-0.2, -0.15) is 11.8 Å². The fourth-order valence-electron chi connectivity index (χ4n) is 1.84. The van der Waals surface area contributed by atoms with Crippen molar-refractivity contribution in [3.8, 4) is 11.5 Å². The molecule has 1 unspecified atom stereocenters. The zero-order valence-electron chi connectivity index (χ0n) is 10.3. The molecule has 1 fully saturated rings. The highest BCUT2D eigenvalue weighted by Gasteiger charge is 2.19. The minimum Gasteiger partial charge on any atom is -0.493 e. The minimum absolute atomic E-state index is 0.00260. The van der Waals surface area contributed by atoms with Crippen LogP contribution in [0.1, 0.15) is 16.8 Å². The molecule has 0 spiro atoms. The first-order valence-electron chi connectivity index (χ1n) is 5.90. The Morgan fingerprint density at radius 2 is 2.33 bits per heavy atom. The smallest absolute Gasteiger partial charge is 0.176 e. The zero-order valence-corrected chi connectivity index (χ0v) is 11.2. The monoisotopic (exact) mass is 267 g/mol. The van der Waals surface area contributed by atoms with Crippen molar-refractivity contribution in [3.05, 3.63) is 23.8 Å². The molecule has 2 rings (SSSR count). The van der Waals surface area contributed by atoms with Gasteiger partial charge in [-0.1, -0.05) is 0 Å². The van der Waals surface area contributed by atoms with Crippen molar-refractivity contribution in [3.63, 3.8) is 0 Å². The highest BCUT2D eigenvalue weighted by molar-refractivity contribution is 7.99. The molecule has 1 atom stereocenters. The van der Waals surface area contributed by atoms with Crippen LogP contribution >= 0.6 is 11.8 Å². The first kappa shape index (κ1) is 13.2. The Morgan fingerprint density at radius 3 is 2.94 bits per heavy atom. The van der Waals surface area contributed by atoms with Crippen LogP contribution < -0.4 is 15.2 Å². The summed E-state index contributed by atoms with van der Waals surface area (Å²) in [5, 5.41) is 0. The number of ketones is 1. The summed E-state index contributed by atoms with van der Waals surface area (Å²) in [6.07, 6.45) is 1.29. The van der Waals surface area contributed by atoms with Crippen molar-refractivity contribution < 1.29 is 14.3 Å². The number of carbonyl (C=O) groups excluding carboxylic acids is 1. The highest BCUT2D eigenvalue weighted by atomic mass is 32.2. The lowest BCUT2D eigenvalue weighted by Gasteiger charge is -2.15. The molecule has 5 heteroatoms. The average Bonchev–Trinajstić information content (AvgIpc) is 2.91. The van der Waals surface area contributed by atoms with Crippen LogP contribution in [0, 0.1) is 0 Å². The van der Waals surface area contributed by atoms with E-state index in [1.807, 2.05) is 11.8 Å². The maximum absolute atomic E-state index is 11.5. The van der Waals surface area contributed by atoms with E-state index in [0.29, 0.717) is 17.1 Å². The maximum atomic E-state index is 11.5. The van der Waals surface area contributed by atoms with Crippen molar-refractivity contribution in [2.45, 2.75) is 12.5 Å². The van der Waals surface area contributed by atoms with E-state index in [1.165, 1.54) is 0 Å². The third-order valence-corrected chi connectivity index (χ3v) is 3.98. The van der Waals surface area contributed by atoms with Gasteiger partial charge < -0.3 is 15.2 Å². The molecule has 1 aromatic carbocycles. The van der Waals surface area contributed by atoms with E-state index in [-0.39, 0.29) is 18.4 Å². The molecule has 1 heterocycles. The molecule has 0 radical (unpaired) electrons. The maximum Gasteiger partial charge on any atom is 0.176 e. The Balaban J connectivity index is 2.17. The van der Waals surface area contributed by atoms with Gasteiger partial charge in [-0.15, -0.1) is 0 Å². The van der Waals surface area contributed by atoms with Crippen molar-refractivity contribution in [2.24, 2.45) is 5.73 Å². The number of nitrogens with two attached hydrogens (primary N) is 1. The van der Waals surface area contributed by atoms with Gasteiger partial charge in [0.15, 0.2) is 17.3 Å². The third-order valence-electron chi connectivity index (χ3n) is 2.85. The third kappa shape index (κ3) is 2.97. The van der Waals surface area contributed by atoms with Crippen LogP contribution in [0.2, 0.25) is 0 Å². The number of benzene rings is 1. The molecular weight excluding hydrogens is 250 g/mol. The quantitative estimate of drug-likeness (QED) is 0.823. The molecule has 4 nitrogen and oxygen atoms in total. The molecule has 0 saturated carbocycles. The van der Waals surface area contributed by atoms with Gasteiger partial charge in [-0.3, -0.25) is 4.79 Å². The van der Waals surface area contributed by atoms with E-state index < -0.39 is 0 Å². The van der Waals surface area contributed by atoms with E-state index in [4.69, 9.17) is 15.2 Å². The molecule has 18 heavy (non-hydrogen) atoms. The number of hydrogen-bond donors (Lipinski definition) is 1. The van der Waals surface area contributed by atoms with Crippen molar-refractivity contribution in [2.75, 3.05) is 25.2 Å². The molecule has 1 aliphatic heterocycles. The second-order valence-electron chi connectivity index (χ2n) is 4.10. The number of rotatable bonds is 5. The van der Waals surface area contributed by atoms with Crippen molar-refractivity contribution in [1.82, 2.24) is 0 Å². The lowest BCUT2D eigenvalue weighted by Crippen LogP contribution is -2.16. The van der Waals surface area contributed by atoms with Gasteiger partial charge in [0, 0.05) is 11.3 Å². The summed E-state index contributed by atoms with van der Waals surface area (Å²) in [5.74, 6) is 3.32. The Kier molecular flexibility index (Phi) is 4.49. The van der Waals surface area contributed by atoms with Gasteiger partial charge >= 0.3 is 0 Å².